The molecule has 0 amide bonds. The molecule has 0 fully saturated rings. The van der Waals surface area contributed by atoms with Crippen LogP contribution >= 0.6 is 0 Å². The van der Waals surface area contributed by atoms with Crippen LogP contribution < -0.4 is 57.8 Å². The van der Waals surface area contributed by atoms with Gasteiger partial charge in [-0.15, -0.1) is 44.1 Å². The quantitative estimate of drug-likeness (QED) is 0.0199. The van der Waals surface area contributed by atoms with Gasteiger partial charge in [-0.3, -0.25) is 0 Å². The van der Waals surface area contributed by atoms with E-state index in [1.54, 1.807) is 0 Å². The fourth-order valence-electron chi connectivity index (χ4n) is 19.8. The van der Waals surface area contributed by atoms with Crippen LogP contribution in [0.4, 0.5) is 0 Å². The van der Waals surface area contributed by atoms with Crippen LogP contribution in [0.15, 0.2) is 133 Å². The first-order valence-corrected chi connectivity index (χ1v) is 57.8. The summed E-state index contributed by atoms with van der Waals surface area (Å²) >= 11 is 0. The molecular weight excluding hydrogens is 1960 g/mol. The third kappa shape index (κ3) is 37.4. The summed E-state index contributed by atoms with van der Waals surface area (Å²) in [5.41, 5.74) is 18.8. The fraction of sp³-hybridized carbons (Fsp3) is 0.485. The molecule has 10 aromatic rings. The summed E-state index contributed by atoms with van der Waals surface area (Å²) in [5.74, 6) is 20.1. The Labute approximate surface area is 923 Å². The van der Waals surface area contributed by atoms with Gasteiger partial charge in [0, 0.05) is 35.4 Å². The van der Waals surface area contributed by atoms with Crippen molar-refractivity contribution in [2.75, 3.05) is 52.9 Å². The minimum absolute atomic E-state index is 0. The molecule has 0 saturated carbocycles. The van der Waals surface area contributed by atoms with E-state index in [9.17, 15) is 0 Å². The number of benzene rings is 4. The molecule has 4 aliphatic heterocycles. The van der Waals surface area contributed by atoms with Crippen LogP contribution in [-0.4, -0.2) is 72.8 Å². The number of nitrogens with zero attached hydrogens (tertiary/aromatic N) is 8. The maximum absolute atomic E-state index is 6.79. The molecule has 4 aromatic carbocycles. The zero-order valence-electron chi connectivity index (χ0n) is 92.2. The van der Waals surface area contributed by atoms with Gasteiger partial charge in [0.2, 0.25) is 0 Å². The molecule has 18 heteroatoms. The normalized spacial score (nSPS) is 11.7. The molecule has 0 aliphatic carbocycles. The van der Waals surface area contributed by atoms with E-state index in [-0.39, 0.29) is 39.0 Å². The topological polar surface area (TPSA) is 182 Å². The molecule has 0 saturated heterocycles. The number of unbranched alkanes of at least 4 members (excludes halogenated alkanes) is 40. The molecule has 0 N–H and O–H groups in total. The number of aromatic nitrogens is 8. The van der Waals surface area contributed by atoms with Crippen molar-refractivity contribution in [3.05, 3.63) is 190 Å². The van der Waals surface area contributed by atoms with Gasteiger partial charge in [0.25, 0.3) is 0 Å². The van der Waals surface area contributed by atoms with Gasteiger partial charge in [0.1, 0.15) is 46.0 Å². The Hall–Kier alpha value is -11.2. The number of ether oxygens (including phenoxy) is 8. The number of rotatable bonds is 68. The molecule has 0 radical (unpaired) electrons. The second kappa shape index (κ2) is 66.6. The number of hydrogen-bond donors (Lipinski definition) is 0. The zero-order valence-corrected chi connectivity index (χ0v) is 98.1. The molecule has 786 valence electrons. The Balaban J connectivity index is 0.00000997. The third-order valence-electron chi connectivity index (χ3n) is 28.1. The average molecular weight is 2120 g/mol. The first-order valence-electron chi connectivity index (χ1n) is 57.8. The van der Waals surface area contributed by atoms with Crippen LogP contribution in [0, 0.1) is 23.7 Å². The van der Waals surface area contributed by atoms with Gasteiger partial charge in [0.15, 0.2) is 0 Å². The van der Waals surface area contributed by atoms with Crippen molar-refractivity contribution in [3.63, 3.8) is 0 Å². The maximum atomic E-state index is 6.79. The molecule has 14 rings (SSSR count). The van der Waals surface area contributed by atoms with Crippen LogP contribution in [0.5, 0.6) is 46.0 Å². The van der Waals surface area contributed by atoms with E-state index >= 15 is 0 Å². The van der Waals surface area contributed by atoms with E-state index in [1.807, 2.05) is 0 Å². The minimum Gasteiger partial charge on any atom is -0.657 e. The third-order valence-corrected chi connectivity index (χ3v) is 28.1. The Morgan fingerprint density at radius 3 is 0.627 bits per heavy atom. The molecule has 16 nitrogen and oxygen atoms in total. The molecule has 16 bridgehead atoms. The monoisotopic (exact) mass is 2120 g/mol. The van der Waals surface area contributed by atoms with E-state index in [1.165, 1.54) is 205 Å². The van der Waals surface area contributed by atoms with Gasteiger partial charge in [-0.2, -0.15) is 0 Å². The van der Waals surface area contributed by atoms with Crippen molar-refractivity contribution in [3.8, 4) is 114 Å². The summed E-state index contributed by atoms with van der Waals surface area (Å²) < 4.78 is 54.3. The Bertz CT molecular complexity index is 5770. The second-order valence-corrected chi connectivity index (χ2v) is 40.6. The Kier molecular flexibility index (Phi) is 52.2. The predicted molar refractivity (Wildman–Crippen MR) is 620 cm³/mol. The molecule has 6 aromatic heterocycles. The van der Waals surface area contributed by atoms with Crippen molar-refractivity contribution in [2.45, 2.75) is 364 Å². The average Bonchev–Trinajstić information content (AvgIpc) is 1.63. The molecule has 10 heterocycles. The van der Waals surface area contributed by atoms with E-state index in [0.717, 1.165) is 238 Å². The summed E-state index contributed by atoms with van der Waals surface area (Å²) in [6.07, 6.45) is 71.8. The largest absolute Gasteiger partial charge is 2.00 e. The first-order chi connectivity index (χ1) is 73.1. The van der Waals surface area contributed by atoms with Gasteiger partial charge in [-0.25, -0.2) is 19.9 Å². The minimum atomic E-state index is 0. The summed E-state index contributed by atoms with van der Waals surface area (Å²) in [4.78, 5) is 44.9. The second-order valence-electron chi connectivity index (χ2n) is 40.6. The van der Waals surface area contributed by atoms with Gasteiger partial charge >= 0.3 is 39.0 Å². The summed E-state index contributed by atoms with van der Waals surface area (Å²) in [6, 6.07) is 46.0. The maximum Gasteiger partial charge on any atom is 2.00 e. The van der Waals surface area contributed by atoms with Crippen molar-refractivity contribution < 1.29 is 76.9 Å². The molecule has 0 unspecified atom stereocenters. The summed E-state index contributed by atoms with van der Waals surface area (Å²) in [6.45, 7) is 22.8. The van der Waals surface area contributed by atoms with Crippen LogP contribution in [0.2, 0.25) is 0 Å². The van der Waals surface area contributed by atoms with Gasteiger partial charge in [-0.1, -0.05) is 385 Å². The first kappa shape index (κ1) is 117. The van der Waals surface area contributed by atoms with E-state index in [2.05, 4.69) is 261 Å². The predicted octanol–water partition coefficient (Wildman–Crippen LogP) is 36.1. The van der Waals surface area contributed by atoms with Crippen LogP contribution in [0.1, 0.15) is 420 Å². The van der Waals surface area contributed by atoms with Crippen molar-refractivity contribution >= 4 is 92.7 Å². The number of fused-ring (bicyclic) bond motifs is 16. The standard InChI is InChI=1S/C132H166N8O8.2Zn/c1-9-17-25-33-41-51-77-141-107-85-99(86-108(95-107)142-78-52-42-34-26-18-10-2)129-121-65-61-103(133-121)93-104-62-66-122(134-104)130(100-87-109(143-79-53-43-35-27-19-11-3)96-110(88-100)144-80-54-44-36-28-20-12-4)126-74-70-118(138-126)115(117-69-73-125(129)137-117)59-49-50-60-116-119-71-75-127(139-119)131(101-89-111(145-81-55-45-37-29-21-13-5)97-112(90-101)146-82-56-46-38-30-22-14-6)123-67-63-105(135-123)94-106-64-68-124(136-106)132(128-76-72-120(116)140-128)102-91-113(147-83-57-47-39-31-23-15-7)98-114(92-102)148-84-58-48-40-32-24-16-8;;/h61-76,85-98H,9-48,51-58,77-84H2,1-8H3;;/q-4;2*+2. The smallest absolute Gasteiger partial charge is 0.657 e. The van der Waals surface area contributed by atoms with E-state index in [0.29, 0.717) is 109 Å². The molecule has 0 atom stereocenters. The van der Waals surface area contributed by atoms with E-state index < -0.39 is 0 Å². The Morgan fingerprint density at radius 1 is 0.193 bits per heavy atom. The number of hydrogen-bond acceptors (Lipinski definition) is 12. The van der Waals surface area contributed by atoms with Gasteiger partial charge in [0.05, 0.1) is 98.4 Å². The van der Waals surface area contributed by atoms with Crippen molar-refractivity contribution in [1.82, 2.24) is 39.9 Å². The van der Waals surface area contributed by atoms with Gasteiger partial charge in [-0.05, 0) is 205 Å². The summed E-state index contributed by atoms with van der Waals surface area (Å²) in [7, 11) is 0. The fourth-order valence-corrected chi connectivity index (χ4v) is 19.8. The van der Waals surface area contributed by atoms with Crippen LogP contribution in [0.25, 0.3) is 137 Å². The molecule has 150 heavy (non-hydrogen) atoms. The Morgan fingerprint density at radius 2 is 0.387 bits per heavy atom. The van der Waals surface area contributed by atoms with Crippen LogP contribution in [-0.2, 0) is 39.0 Å². The van der Waals surface area contributed by atoms with Gasteiger partial charge < -0.3 is 57.8 Å². The van der Waals surface area contributed by atoms with Crippen LogP contribution in [0.3, 0.4) is 0 Å². The molecule has 0 spiro atoms. The zero-order chi connectivity index (χ0) is 103. The van der Waals surface area contributed by atoms with Crippen molar-refractivity contribution in [2.24, 2.45) is 0 Å². The van der Waals surface area contributed by atoms with E-state index in [4.69, 9.17) is 77.8 Å². The summed E-state index contributed by atoms with van der Waals surface area (Å²) in [5, 5.41) is 0. The molecule has 4 aliphatic rings. The SMILES string of the molecule is CCCCCCCCOc1cc(OCCCCCCCC)cc(-c2c3nc(c(C#CC#Cc4c5nc(c(-c6cc(OCCCCCCCC)cc(OCCCCCCCC)c6)c6ccc(cc7nc(c(-c8cc(OCCCCCCCC)cc(OCCCCCCCC)c8)c8ccc4[n-]8)C=C7)[n-]6)C=C5)c4ccc([n-]4)c(-c4cc(OCCCCCCCC)cc(OCCCCCCCC)c4)c4nc(cc5ccc2[n-]5)C=C4)C=C3)c1.[Zn+2].[Zn+2]. The molecular formula is C132H166N8O8Zn2. The van der Waals surface area contributed by atoms with Crippen molar-refractivity contribution in [1.29, 1.82) is 0 Å².